The first-order chi connectivity index (χ1) is 11.2. The van der Waals surface area contributed by atoms with E-state index in [-0.39, 0.29) is 6.42 Å². The number of hydrogen-bond acceptors (Lipinski definition) is 2. The summed E-state index contributed by atoms with van der Waals surface area (Å²) in [7, 11) is 0. The SMILES string of the molecule is CCCCC[C@H]1O[C@@H]1/C=C/C=C/C=C\C/C=C\CCCC(=O)O. The van der Waals surface area contributed by atoms with Crippen LogP contribution in [-0.4, -0.2) is 23.3 Å². The van der Waals surface area contributed by atoms with Crippen molar-refractivity contribution in [2.24, 2.45) is 0 Å². The van der Waals surface area contributed by atoms with Gasteiger partial charge in [-0.2, -0.15) is 0 Å². The van der Waals surface area contributed by atoms with E-state index in [1.807, 2.05) is 24.3 Å². The number of unbranched alkanes of at least 4 members (excludes halogenated alkanes) is 3. The minimum atomic E-state index is -0.722. The third-order valence-electron chi connectivity index (χ3n) is 3.68. The monoisotopic (exact) mass is 318 g/mol. The van der Waals surface area contributed by atoms with E-state index in [1.54, 1.807) is 0 Å². The van der Waals surface area contributed by atoms with Gasteiger partial charge in [-0.15, -0.1) is 0 Å². The molecule has 0 aliphatic carbocycles. The molecule has 0 aromatic carbocycles. The summed E-state index contributed by atoms with van der Waals surface area (Å²) in [6.45, 7) is 2.22. The first-order valence-electron chi connectivity index (χ1n) is 8.76. The van der Waals surface area contributed by atoms with Crippen molar-refractivity contribution < 1.29 is 14.6 Å². The van der Waals surface area contributed by atoms with Gasteiger partial charge in [-0.3, -0.25) is 4.79 Å². The second-order valence-electron chi connectivity index (χ2n) is 5.83. The van der Waals surface area contributed by atoms with E-state index in [4.69, 9.17) is 9.84 Å². The minimum Gasteiger partial charge on any atom is -0.481 e. The van der Waals surface area contributed by atoms with E-state index >= 15 is 0 Å². The molecule has 1 aliphatic heterocycles. The number of carbonyl (C=O) groups is 1. The van der Waals surface area contributed by atoms with Crippen LogP contribution in [0.3, 0.4) is 0 Å². The second-order valence-corrected chi connectivity index (χ2v) is 5.83. The summed E-state index contributed by atoms with van der Waals surface area (Å²) in [6, 6.07) is 0. The maximum atomic E-state index is 10.3. The fourth-order valence-corrected chi connectivity index (χ4v) is 2.28. The number of hydrogen-bond donors (Lipinski definition) is 1. The van der Waals surface area contributed by atoms with Gasteiger partial charge >= 0.3 is 5.97 Å². The molecule has 0 aromatic heterocycles. The Morgan fingerprint density at radius 2 is 1.87 bits per heavy atom. The van der Waals surface area contributed by atoms with Crippen molar-refractivity contribution in [3.05, 3.63) is 48.6 Å². The smallest absolute Gasteiger partial charge is 0.303 e. The highest BCUT2D eigenvalue weighted by atomic mass is 16.6. The Morgan fingerprint density at radius 1 is 1.04 bits per heavy atom. The minimum absolute atomic E-state index is 0.249. The van der Waals surface area contributed by atoms with Gasteiger partial charge in [-0.05, 0) is 25.7 Å². The number of aliphatic carboxylic acids is 1. The number of epoxide rings is 1. The quantitative estimate of drug-likeness (QED) is 0.220. The lowest BCUT2D eigenvalue weighted by molar-refractivity contribution is -0.137. The molecule has 2 atom stereocenters. The van der Waals surface area contributed by atoms with Crippen LogP contribution >= 0.6 is 0 Å². The van der Waals surface area contributed by atoms with Crippen molar-refractivity contribution in [2.75, 3.05) is 0 Å². The first kappa shape index (κ1) is 19.4. The molecule has 0 bridgehead atoms. The van der Waals surface area contributed by atoms with Crippen molar-refractivity contribution in [1.82, 2.24) is 0 Å². The van der Waals surface area contributed by atoms with Crippen LogP contribution in [0.4, 0.5) is 0 Å². The van der Waals surface area contributed by atoms with Crippen molar-refractivity contribution >= 4 is 5.97 Å². The Bertz CT molecular complexity index is 432. The Labute approximate surface area is 140 Å². The van der Waals surface area contributed by atoms with E-state index in [2.05, 4.69) is 31.2 Å². The molecule has 1 rings (SSSR count). The average Bonchev–Trinajstić information content (AvgIpc) is 3.27. The zero-order chi connectivity index (χ0) is 16.8. The van der Waals surface area contributed by atoms with Crippen LogP contribution in [-0.2, 0) is 9.53 Å². The molecule has 1 fully saturated rings. The number of carboxylic acids is 1. The van der Waals surface area contributed by atoms with Crippen LogP contribution in [0.25, 0.3) is 0 Å². The molecular weight excluding hydrogens is 288 g/mol. The van der Waals surface area contributed by atoms with Crippen molar-refractivity contribution in [3.8, 4) is 0 Å². The van der Waals surface area contributed by atoms with Gasteiger partial charge in [0.25, 0.3) is 0 Å². The molecule has 1 heterocycles. The van der Waals surface area contributed by atoms with Crippen molar-refractivity contribution in [1.29, 1.82) is 0 Å². The summed E-state index contributed by atoms with van der Waals surface area (Å²) in [5.74, 6) is -0.722. The standard InChI is InChI=1S/C20H30O3/c1-2-3-12-15-18-19(23-18)16-13-10-8-6-4-5-7-9-11-14-17-20(21)22/h4,6-10,13,16,18-19H,2-3,5,11-12,14-15,17H2,1H3,(H,21,22)/b6-4-,9-7-,10-8+,16-13+/t18-,19-/m1/s1. The number of allylic oxidation sites excluding steroid dienone is 7. The molecule has 23 heavy (non-hydrogen) atoms. The van der Waals surface area contributed by atoms with Crippen LogP contribution in [0, 0.1) is 0 Å². The number of rotatable bonds is 13. The van der Waals surface area contributed by atoms with Gasteiger partial charge in [-0.25, -0.2) is 0 Å². The molecule has 0 aromatic rings. The van der Waals surface area contributed by atoms with Crippen LogP contribution in [0.15, 0.2) is 48.6 Å². The van der Waals surface area contributed by atoms with E-state index in [1.165, 1.54) is 25.7 Å². The zero-order valence-electron chi connectivity index (χ0n) is 14.2. The predicted octanol–water partition coefficient (Wildman–Crippen LogP) is 5.20. The van der Waals surface area contributed by atoms with E-state index in [9.17, 15) is 4.79 Å². The van der Waals surface area contributed by atoms with Crippen LogP contribution in [0.1, 0.15) is 58.3 Å². The number of carboxylic acid groups (broad SMARTS) is 1. The Hall–Kier alpha value is -1.61. The molecule has 0 saturated carbocycles. The van der Waals surface area contributed by atoms with Crippen molar-refractivity contribution in [3.63, 3.8) is 0 Å². The maximum Gasteiger partial charge on any atom is 0.303 e. The summed E-state index contributed by atoms with van der Waals surface area (Å²) in [5.41, 5.74) is 0. The number of ether oxygens (including phenoxy) is 1. The van der Waals surface area contributed by atoms with Gasteiger partial charge in [0.15, 0.2) is 0 Å². The van der Waals surface area contributed by atoms with Crippen LogP contribution in [0.5, 0.6) is 0 Å². The molecule has 1 aliphatic rings. The molecular formula is C20H30O3. The third kappa shape index (κ3) is 11.6. The molecule has 0 amide bonds. The Balaban J connectivity index is 1.98. The predicted molar refractivity (Wildman–Crippen MR) is 95.5 cm³/mol. The topological polar surface area (TPSA) is 49.8 Å². The van der Waals surface area contributed by atoms with E-state index < -0.39 is 5.97 Å². The summed E-state index contributed by atoms with van der Waals surface area (Å²) >= 11 is 0. The molecule has 3 heteroatoms. The normalized spacial score (nSPS) is 21.3. The highest BCUT2D eigenvalue weighted by Gasteiger charge is 2.35. The first-order valence-corrected chi connectivity index (χ1v) is 8.76. The maximum absolute atomic E-state index is 10.3. The van der Waals surface area contributed by atoms with Gasteiger partial charge < -0.3 is 9.84 Å². The van der Waals surface area contributed by atoms with E-state index in [0.717, 1.165) is 12.8 Å². The molecule has 1 saturated heterocycles. The zero-order valence-corrected chi connectivity index (χ0v) is 14.2. The molecule has 0 spiro atoms. The van der Waals surface area contributed by atoms with Gasteiger partial charge in [0, 0.05) is 6.42 Å². The van der Waals surface area contributed by atoms with Gasteiger partial charge in [0.2, 0.25) is 0 Å². The molecule has 3 nitrogen and oxygen atoms in total. The molecule has 1 N–H and O–H groups in total. The summed E-state index contributed by atoms with van der Waals surface area (Å²) in [5, 5.41) is 8.50. The Morgan fingerprint density at radius 3 is 2.65 bits per heavy atom. The molecule has 128 valence electrons. The summed E-state index contributed by atoms with van der Waals surface area (Å²) in [4.78, 5) is 10.3. The fourth-order valence-electron chi connectivity index (χ4n) is 2.28. The van der Waals surface area contributed by atoms with Gasteiger partial charge in [0.1, 0.15) is 6.10 Å². The largest absolute Gasteiger partial charge is 0.481 e. The van der Waals surface area contributed by atoms with Crippen LogP contribution in [0.2, 0.25) is 0 Å². The highest BCUT2D eigenvalue weighted by Crippen LogP contribution is 2.28. The summed E-state index contributed by atoms with van der Waals surface area (Å²) in [6.07, 6.45) is 24.9. The molecule has 0 radical (unpaired) electrons. The molecule has 0 unspecified atom stereocenters. The van der Waals surface area contributed by atoms with E-state index in [0.29, 0.717) is 18.6 Å². The summed E-state index contributed by atoms with van der Waals surface area (Å²) < 4.78 is 5.59. The second kappa shape index (κ2) is 12.9. The highest BCUT2D eigenvalue weighted by molar-refractivity contribution is 5.66. The lowest BCUT2D eigenvalue weighted by Gasteiger charge is -1.92. The fraction of sp³-hybridized carbons (Fsp3) is 0.550. The third-order valence-corrected chi connectivity index (χ3v) is 3.68. The van der Waals surface area contributed by atoms with Gasteiger partial charge in [-0.1, -0.05) is 74.8 Å². The van der Waals surface area contributed by atoms with Crippen LogP contribution < -0.4 is 0 Å². The van der Waals surface area contributed by atoms with Gasteiger partial charge in [0.05, 0.1) is 6.10 Å². The lowest BCUT2D eigenvalue weighted by atomic mass is 10.1. The Kier molecular flexibility index (Phi) is 10.9. The van der Waals surface area contributed by atoms with Crippen molar-refractivity contribution in [2.45, 2.75) is 70.5 Å². The lowest BCUT2D eigenvalue weighted by Crippen LogP contribution is -1.92. The average molecular weight is 318 g/mol.